The van der Waals surface area contributed by atoms with E-state index in [0.717, 1.165) is 15.8 Å². The Morgan fingerprint density at radius 1 is 1.47 bits per heavy atom. The molecule has 0 aliphatic rings. The zero-order valence-electron chi connectivity index (χ0n) is 8.27. The average molecular weight is 220 g/mol. The fourth-order valence-corrected chi connectivity index (χ4v) is 2.39. The number of benzene rings is 1. The summed E-state index contributed by atoms with van der Waals surface area (Å²) in [6.45, 7) is 0. The van der Waals surface area contributed by atoms with Gasteiger partial charge in [0.05, 0.1) is 5.97 Å². The van der Waals surface area contributed by atoms with Gasteiger partial charge in [0, 0.05) is 34.8 Å². The number of carboxylic acids is 1. The first-order chi connectivity index (χ1) is 7.18. The standard InChI is InChI=1S/C11H11NO2S/c1-12-6-10(15-7-11(13)14)8-4-2-3-5-9(8)12/h2-6H,7H2,1H3,(H,13,14)/p-1. The van der Waals surface area contributed by atoms with Crippen LogP contribution in [0.4, 0.5) is 0 Å². The Morgan fingerprint density at radius 2 is 2.20 bits per heavy atom. The van der Waals surface area contributed by atoms with Crippen molar-refractivity contribution in [2.75, 3.05) is 5.75 Å². The molecule has 0 radical (unpaired) electrons. The minimum Gasteiger partial charge on any atom is -0.549 e. The lowest BCUT2D eigenvalue weighted by Crippen LogP contribution is -2.24. The van der Waals surface area contributed by atoms with Gasteiger partial charge in [0.1, 0.15) is 0 Å². The Hall–Kier alpha value is -1.42. The molecule has 1 aromatic carbocycles. The summed E-state index contributed by atoms with van der Waals surface area (Å²) in [6.07, 6.45) is 1.94. The van der Waals surface area contributed by atoms with Crippen molar-refractivity contribution >= 4 is 28.6 Å². The molecule has 0 saturated carbocycles. The zero-order valence-corrected chi connectivity index (χ0v) is 9.08. The number of fused-ring (bicyclic) bond motifs is 1. The largest absolute Gasteiger partial charge is 0.549 e. The Labute approximate surface area is 91.7 Å². The highest BCUT2D eigenvalue weighted by atomic mass is 32.2. The van der Waals surface area contributed by atoms with Gasteiger partial charge in [-0.2, -0.15) is 0 Å². The van der Waals surface area contributed by atoms with E-state index < -0.39 is 5.97 Å². The van der Waals surface area contributed by atoms with Crippen molar-refractivity contribution in [3.63, 3.8) is 0 Å². The van der Waals surface area contributed by atoms with E-state index in [1.165, 1.54) is 11.8 Å². The van der Waals surface area contributed by atoms with Crippen LogP contribution in [0.3, 0.4) is 0 Å². The lowest BCUT2D eigenvalue weighted by molar-refractivity contribution is -0.301. The van der Waals surface area contributed by atoms with E-state index in [1.54, 1.807) is 0 Å². The highest BCUT2D eigenvalue weighted by Gasteiger charge is 2.05. The predicted molar refractivity (Wildman–Crippen MR) is 58.7 cm³/mol. The molecule has 4 heteroatoms. The summed E-state index contributed by atoms with van der Waals surface area (Å²) in [5.41, 5.74) is 1.11. The molecule has 0 bridgehead atoms. The monoisotopic (exact) mass is 220 g/mol. The van der Waals surface area contributed by atoms with Gasteiger partial charge in [0.2, 0.25) is 0 Å². The van der Waals surface area contributed by atoms with Crippen molar-refractivity contribution < 1.29 is 9.90 Å². The normalized spacial score (nSPS) is 10.7. The maximum Gasteiger partial charge on any atom is 0.0517 e. The van der Waals surface area contributed by atoms with E-state index in [-0.39, 0.29) is 5.75 Å². The van der Waals surface area contributed by atoms with E-state index in [9.17, 15) is 9.90 Å². The number of hydrogen-bond donors (Lipinski definition) is 0. The number of nitrogens with zero attached hydrogens (tertiary/aromatic N) is 1. The molecule has 2 aromatic rings. The number of para-hydroxylation sites is 1. The van der Waals surface area contributed by atoms with Crippen LogP contribution in [0.5, 0.6) is 0 Å². The molecule has 2 rings (SSSR count). The van der Waals surface area contributed by atoms with Gasteiger partial charge in [-0.05, 0) is 6.07 Å². The number of aliphatic carboxylic acids is 1. The number of hydrogen-bond acceptors (Lipinski definition) is 3. The maximum absolute atomic E-state index is 10.4. The van der Waals surface area contributed by atoms with E-state index in [2.05, 4.69) is 0 Å². The van der Waals surface area contributed by atoms with Crippen LogP contribution >= 0.6 is 11.8 Å². The summed E-state index contributed by atoms with van der Waals surface area (Å²) >= 11 is 1.30. The smallest absolute Gasteiger partial charge is 0.0517 e. The van der Waals surface area contributed by atoms with E-state index in [4.69, 9.17) is 0 Å². The number of carbonyl (C=O) groups excluding carboxylic acids is 1. The third-order valence-corrected chi connectivity index (χ3v) is 3.22. The maximum atomic E-state index is 10.4. The molecule has 1 aromatic heterocycles. The summed E-state index contributed by atoms with van der Waals surface area (Å²) in [4.78, 5) is 11.4. The number of carboxylic acid groups (broad SMARTS) is 1. The van der Waals surface area contributed by atoms with Gasteiger partial charge in [-0.3, -0.25) is 0 Å². The van der Waals surface area contributed by atoms with Gasteiger partial charge in [0.25, 0.3) is 0 Å². The lowest BCUT2D eigenvalue weighted by atomic mass is 10.2. The van der Waals surface area contributed by atoms with Gasteiger partial charge < -0.3 is 14.5 Å². The highest BCUT2D eigenvalue weighted by Crippen LogP contribution is 2.28. The third-order valence-electron chi connectivity index (χ3n) is 2.21. The molecule has 0 aliphatic carbocycles. The Kier molecular flexibility index (Phi) is 2.68. The molecule has 0 atom stereocenters. The Morgan fingerprint density at radius 3 is 2.93 bits per heavy atom. The van der Waals surface area contributed by atoms with Crippen LogP contribution in [0.25, 0.3) is 10.9 Å². The summed E-state index contributed by atoms with van der Waals surface area (Å²) < 4.78 is 1.99. The van der Waals surface area contributed by atoms with Crippen LogP contribution in [-0.2, 0) is 11.8 Å². The SMILES string of the molecule is Cn1cc(SCC(=O)[O-])c2ccccc21. The van der Waals surface area contributed by atoms with Gasteiger partial charge in [0.15, 0.2) is 0 Å². The van der Waals surface area contributed by atoms with Crippen LogP contribution in [0.15, 0.2) is 35.4 Å². The van der Waals surface area contributed by atoms with Crippen molar-refractivity contribution in [2.24, 2.45) is 7.05 Å². The second kappa shape index (κ2) is 3.98. The molecule has 15 heavy (non-hydrogen) atoms. The molecule has 0 fully saturated rings. The molecule has 0 saturated heterocycles. The van der Waals surface area contributed by atoms with Crippen molar-refractivity contribution in [2.45, 2.75) is 4.90 Å². The number of aromatic nitrogens is 1. The van der Waals surface area contributed by atoms with Crippen molar-refractivity contribution in [1.82, 2.24) is 4.57 Å². The molecule has 0 N–H and O–H groups in total. The second-order valence-electron chi connectivity index (χ2n) is 3.28. The molecular formula is C11H10NO2S-. The summed E-state index contributed by atoms with van der Waals surface area (Å²) in [5, 5.41) is 11.5. The van der Waals surface area contributed by atoms with Crippen molar-refractivity contribution in [1.29, 1.82) is 0 Å². The predicted octanol–water partition coefficient (Wildman–Crippen LogP) is 1.02. The van der Waals surface area contributed by atoms with Gasteiger partial charge >= 0.3 is 0 Å². The first-order valence-corrected chi connectivity index (χ1v) is 5.54. The Balaban J connectivity index is 2.39. The first kappa shape index (κ1) is 10.1. The van der Waals surface area contributed by atoms with Crippen LogP contribution in [0.2, 0.25) is 0 Å². The minimum atomic E-state index is -1.03. The summed E-state index contributed by atoms with van der Waals surface area (Å²) in [7, 11) is 1.95. The fourth-order valence-electron chi connectivity index (χ4n) is 1.56. The lowest BCUT2D eigenvalue weighted by Gasteiger charge is -1.99. The summed E-state index contributed by atoms with van der Waals surface area (Å²) in [5.74, 6) is -1.04. The molecular weight excluding hydrogens is 210 g/mol. The molecule has 0 amide bonds. The first-order valence-electron chi connectivity index (χ1n) is 4.55. The molecule has 3 nitrogen and oxygen atoms in total. The average Bonchev–Trinajstić information content (AvgIpc) is 2.54. The number of thioether (sulfide) groups is 1. The zero-order chi connectivity index (χ0) is 10.8. The molecule has 0 unspecified atom stereocenters. The summed E-state index contributed by atoms with van der Waals surface area (Å²) in [6, 6.07) is 7.92. The molecule has 78 valence electrons. The van der Waals surface area contributed by atoms with Crippen LogP contribution in [0.1, 0.15) is 0 Å². The second-order valence-corrected chi connectivity index (χ2v) is 4.30. The van der Waals surface area contributed by atoms with Crippen LogP contribution in [0, 0.1) is 0 Å². The van der Waals surface area contributed by atoms with E-state index in [1.807, 2.05) is 42.1 Å². The quantitative estimate of drug-likeness (QED) is 0.725. The minimum absolute atomic E-state index is 0.00594. The topological polar surface area (TPSA) is 45.1 Å². The molecule has 0 aliphatic heterocycles. The molecule has 1 heterocycles. The van der Waals surface area contributed by atoms with Gasteiger partial charge in [-0.1, -0.05) is 18.2 Å². The molecule has 0 spiro atoms. The van der Waals surface area contributed by atoms with Gasteiger partial charge in [-0.25, -0.2) is 0 Å². The number of rotatable bonds is 3. The third kappa shape index (κ3) is 1.99. The Bertz CT molecular complexity index is 504. The number of aryl methyl sites for hydroxylation is 1. The van der Waals surface area contributed by atoms with Crippen LogP contribution in [-0.4, -0.2) is 16.3 Å². The van der Waals surface area contributed by atoms with E-state index in [0.29, 0.717) is 0 Å². The van der Waals surface area contributed by atoms with Crippen LogP contribution < -0.4 is 5.11 Å². The van der Waals surface area contributed by atoms with E-state index >= 15 is 0 Å². The highest BCUT2D eigenvalue weighted by molar-refractivity contribution is 8.00. The number of carbonyl (C=O) groups is 1. The van der Waals surface area contributed by atoms with Crippen molar-refractivity contribution in [3.8, 4) is 0 Å². The van der Waals surface area contributed by atoms with Gasteiger partial charge in [-0.15, -0.1) is 11.8 Å². The van der Waals surface area contributed by atoms with Crippen molar-refractivity contribution in [3.05, 3.63) is 30.5 Å². The fraction of sp³-hybridized carbons (Fsp3) is 0.182.